The van der Waals surface area contributed by atoms with Crippen LogP contribution in [0.2, 0.25) is 10.0 Å². The van der Waals surface area contributed by atoms with Gasteiger partial charge in [-0.15, -0.1) is 0 Å². The van der Waals surface area contributed by atoms with E-state index in [1.807, 2.05) is 6.92 Å². The standard InChI is InChI=1S/C12H11Cl2FN4/c1-6-2-3-9(15)10(4-6)17-11-7(13)5-8(14)12(18-11)19-16/h2-5H,16H2,1H3,(H2,17,18,19). The molecule has 1 heterocycles. The highest BCUT2D eigenvalue weighted by atomic mass is 35.5. The molecule has 0 bridgehead atoms. The summed E-state index contributed by atoms with van der Waals surface area (Å²) in [5, 5.41) is 3.36. The molecule has 0 radical (unpaired) electrons. The SMILES string of the molecule is Cc1ccc(F)c(Nc2nc(NN)c(Cl)cc2Cl)c1. The first kappa shape index (κ1) is 13.9. The van der Waals surface area contributed by atoms with E-state index < -0.39 is 5.82 Å². The van der Waals surface area contributed by atoms with Crippen molar-refractivity contribution in [1.29, 1.82) is 0 Å². The smallest absolute Gasteiger partial charge is 0.161 e. The maximum absolute atomic E-state index is 13.6. The number of aromatic nitrogens is 1. The van der Waals surface area contributed by atoms with Crippen LogP contribution in [0.25, 0.3) is 0 Å². The second-order valence-corrected chi connectivity index (χ2v) is 4.72. The molecule has 0 atom stereocenters. The number of benzene rings is 1. The van der Waals surface area contributed by atoms with Gasteiger partial charge < -0.3 is 10.7 Å². The van der Waals surface area contributed by atoms with E-state index in [4.69, 9.17) is 29.0 Å². The van der Waals surface area contributed by atoms with Crippen molar-refractivity contribution in [2.24, 2.45) is 5.84 Å². The van der Waals surface area contributed by atoms with Gasteiger partial charge in [0.25, 0.3) is 0 Å². The van der Waals surface area contributed by atoms with Crippen molar-refractivity contribution >= 4 is 40.5 Å². The first-order chi connectivity index (χ1) is 9.01. The minimum absolute atomic E-state index is 0.252. The quantitative estimate of drug-likeness (QED) is 0.595. The summed E-state index contributed by atoms with van der Waals surface area (Å²) in [6.07, 6.45) is 0. The number of pyridine rings is 1. The number of halogens is 3. The minimum atomic E-state index is -0.402. The topological polar surface area (TPSA) is 63.0 Å². The highest BCUT2D eigenvalue weighted by molar-refractivity contribution is 6.37. The van der Waals surface area contributed by atoms with Crippen molar-refractivity contribution in [3.05, 3.63) is 45.7 Å². The van der Waals surface area contributed by atoms with E-state index >= 15 is 0 Å². The highest BCUT2D eigenvalue weighted by Gasteiger charge is 2.11. The summed E-state index contributed by atoms with van der Waals surface area (Å²) in [4.78, 5) is 4.08. The lowest BCUT2D eigenvalue weighted by Gasteiger charge is -2.11. The zero-order valence-electron chi connectivity index (χ0n) is 9.97. The van der Waals surface area contributed by atoms with E-state index in [0.29, 0.717) is 0 Å². The van der Waals surface area contributed by atoms with Gasteiger partial charge in [0.15, 0.2) is 11.6 Å². The fourth-order valence-corrected chi connectivity index (χ4v) is 1.98. The molecule has 0 saturated heterocycles. The highest BCUT2D eigenvalue weighted by Crippen LogP contribution is 2.31. The third kappa shape index (κ3) is 3.07. The summed E-state index contributed by atoms with van der Waals surface area (Å²) in [6.45, 7) is 1.86. The van der Waals surface area contributed by atoms with E-state index in [0.717, 1.165) is 5.56 Å². The molecule has 0 aliphatic rings. The molecule has 0 spiro atoms. The number of rotatable bonds is 3. The molecule has 19 heavy (non-hydrogen) atoms. The minimum Gasteiger partial charge on any atom is -0.337 e. The summed E-state index contributed by atoms with van der Waals surface area (Å²) < 4.78 is 13.6. The fraction of sp³-hybridized carbons (Fsp3) is 0.0833. The van der Waals surface area contributed by atoms with E-state index in [-0.39, 0.29) is 27.4 Å². The Balaban J connectivity index is 2.40. The molecule has 100 valence electrons. The molecule has 0 unspecified atom stereocenters. The third-order valence-electron chi connectivity index (χ3n) is 2.44. The Labute approximate surface area is 119 Å². The summed E-state index contributed by atoms with van der Waals surface area (Å²) in [7, 11) is 0. The molecule has 2 rings (SSSR count). The van der Waals surface area contributed by atoms with Crippen LogP contribution in [-0.2, 0) is 0 Å². The number of nitrogens with zero attached hydrogens (tertiary/aromatic N) is 1. The van der Waals surface area contributed by atoms with Crippen LogP contribution in [0.3, 0.4) is 0 Å². The lowest BCUT2D eigenvalue weighted by Crippen LogP contribution is -2.10. The number of nitrogens with one attached hydrogen (secondary N) is 2. The molecular weight excluding hydrogens is 290 g/mol. The van der Waals surface area contributed by atoms with Crippen molar-refractivity contribution in [3.8, 4) is 0 Å². The van der Waals surface area contributed by atoms with Gasteiger partial charge in [-0.2, -0.15) is 0 Å². The molecule has 0 saturated carbocycles. The van der Waals surface area contributed by atoms with Gasteiger partial charge in [-0.05, 0) is 30.7 Å². The van der Waals surface area contributed by atoms with Gasteiger partial charge in [0.2, 0.25) is 0 Å². The molecule has 0 fully saturated rings. The van der Waals surface area contributed by atoms with Crippen LogP contribution in [0.5, 0.6) is 0 Å². The van der Waals surface area contributed by atoms with Gasteiger partial charge >= 0.3 is 0 Å². The first-order valence-electron chi connectivity index (χ1n) is 5.37. The molecule has 0 aliphatic heterocycles. The summed E-state index contributed by atoms with van der Waals surface area (Å²) in [5.41, 5.74) is 3.53. The third-order valence-corrected chi connectivity index (χ3v) is 3.02. The molecule has 4 N–H and O–H groups in total. The normalized spacial score (nSPS) is 10.4. The van der Waals surface area contributed by atoms with Crippen molar-refractivity contribution in [2.75, 3.05) is 10.7 Å². The summed E-state index contributed by atoms with van der Waals surface area (Å²) in [6, 6.07) is 6.16. The van der Waals surface area contributed by atoms with E-state index in [1.165, 1.54) is 12.1 Å². The molecule has 0 aliphatic carbocycles. The van der Waals surface area contributed by atoms with Crippen LogP contribution in [0.4, 0.5) is 21.7 Å². The van der Waals surface area contributed by atoms with Crippen molar-refractivity contribution in [2.45, 2.75) is 6.92 Å². The zero-order chi connectivity index (χ0) is 14.0. The van der Waals surface area contributed by atoms with Gasteiger partial charge in [0, 0.05) is 0 Å². The van der Waals surface area contributed by atoms with Crippen molar-refractivity contribution in [3.63, 3.8) is 0 Å². The van der Waals surface area contributed by atoms with Crippen LogP contribution in [0.1, 0.15) is 5.56 Å². The lowest BCUT2D eigenvalue weighted by atomic mass is 10.2. The zero-order valence-corrected chi connectivity index (χ0v) is 11.5. The Kier molecular flexibility index (Phi) is 4.09. The van der Waals surface area contributed by atoms with Crippen molar-refractivity contribution in [1.82, 2.24) is 4.98 Å². The Hall–Kier alpha value is -1.56. The number of nitrogens with two attached hydrogens (primary N) is 1. The Morgan fingerprint density at radius 2 is 1.84 bits per heavy atom. The Bertz CT molecular complexity index is 619. The molecule has 4 nitrogen and oxygen atoms in total. The second-order valence-electron chi connectivity index (χ2n) is 3.90. The molecule has 2 aromatic rings. The molecule has 1 aromatic carbocycles. The van der Waals surface area contributed by atoms with Crippen LogP contribution < -0.4 is 16.6 Å². The molecule has 0 amide bonds. The van der Waals surface area contributed by atoms with Crippen LogP contribution in [0.15, 0.2) is 24.3 Å². The average molecular weight is 301 g/mol. The predicted molar refractivity (Wildman–Crippen MR) is 76.5 cm³/mol. The van der Waals surface area contributed by atoms with Crippen LogP contribution >= 0.6 is 23.2 Å². The lowest BCUT2D eigenvalue weighted by molar-refractivity contribution is 0.631. The van der Waals surface area contributed by atoms with Gasteiger partial charge in [-0.1, -0.05) is 29.3 Å². The Morgan fingerprint density at radius 3 is 2.53 bits per heavy atom. The van der Waals surface area contributed by atoms with Gasteiger partial charge in [0.1, 0.15) is 5.82 Å². The Morgan fingerprint density at radius 1 is 1.16 bits per heavy atom. The summed E-state index contributed by atoms with van der Waals surface area (Å²) >= 11 is 11.9. The van der Waals surface area contributed by atoms with Gasteiger partial charge in [-0.25, -0.2) is 15.2 Å². The monoisotopic (exact) mass is 300 g/mol. The van der Waals surface area contributed by atoms with Crippen molar-refractivity contribution < 1.29 is 4.39 Å². The molecule has 7 heteroatoms. The fourth-order valence-electron chi connectivity index (χ4n) is 1.52. The second kappa shape index (κ2) is 5.61. The van der Waals surface area contributed by atoms with E-state index in [2.05, 4.69) is 15.7 Å². The van der Waals surface area contributed by atoms with Crippen LogP contribution in [-0.4, -0.2) is 4.98 Å². The predicted octanol–water partition coefficient (Wildman–Crippen LogP) is 3.87. The number of anilines is 3. The number of nitrogen functional groups attached to an aromatic ring is 1. The number of hydrogen-bond donors (Lipinski definition) is 3. The van der Waals surface area contributed by atoms with E-state index in [9.17, 15) is 4.39 Å². The number of hydrogen-bond acceptors (Lipinski definition) is 4. The first-order valence-corrected chi connectivity index (χ1v) is 6.12. The van der Waals surface area contributed by atoms with Gasteiger partial charge in [0.05, 0.1) is 15.7 Å². The summed E-state index contributed by atoms with van der Waals surface area (Å²) in [5.74, 6) is 5.39. The van der Waals surface area contributed by atoms with E-state index in [1.54, 1.807) is 12.1 Å². The van der Waals surface area contributed by atoms with Crippen LogP contribution in [0, 0.1) is 12.7 Å². The average Bonchev–Trinajstić information content (AvgIpc) is 2.37. The molecule has 1 aromatic heterocycles. The number of aryl methyl sites for hydroxylation is 1. The number of hydrazine groups is 1. The maximum Gasteiger partial charge on any atom is 0.161 e. The van der Waals surface area contributed by atoms with Gasteiger partial charge in [-0.3, -0.25) is 0 Å². The largest absolute Gasteiger partial charge is 0.337 e. The maximum atomic E-state index is 13.6. The molecular formula is C12H11Cl2FN4.